The number of aromatic amines is 1. The molecule has 14 heavy (non-hydrogen) atoms. The minimum Gasteiger partial charge on any atom is -0.280 e. The van der Waals surface area contributed by atoms with Gasteiger partial charge in [-0.3, -0.25) is 5.10 Å². The van der Waals surface area contributed by atoms with Crippen LogP contribution in [-0.2, 0) is 12.8 Å². The molecule has 4 nitrogen and oxygen atoms in total. The third-order valence-corrected chi connectivity index (χ3v) is 2.22. The van der Waals surface area contributed by atoms with Crippen LogP contribution in [0.4, 0.5) is 0 Å². The summed E-state index contributed by atoms with van der Waals surface area (Å²) in [6.45, 7) is 4.30. The maximum absolute atomic E-state index is 4.43. The van der Waals surface area contributed by atoms with E-state index in [0.717, 1.165) is 37.2 Å². The lowest BCUT2D eigenvalue weighted by atomic mass is 10.2. The van der Waals surface area contributed by atoms with Gasteiger partial charge in [0.05, 0.1) is 0 Å². The second-order valence-electron chi connectivity index (χ2n) is 3.58. The van der Waals surface area contributed by atoms with E-state index in [2.05, 4.69) is 35.1 Å². The molecule has 1 N–H and O–H groups in total. The highest BCUT2D eigenvalue weighted by molar-refractivity contribution is 5.38. The molecule has 0 atom stereocenters. The molecule has 0 aliphatic carbocycles. The van der Waals surface area contributed by atoms with Gasteiger partial charge in [-0.1, -0.05) is 20.3 Å². The number of hydrogen-bond acceptors (Lipinski definition) is 2. The van der Waals surface area contributed by atoms with E-state index in [4.69, 9.17) is 0 Å². The first-order chi connectivity index (χ1) is 6.83. The molecule has 0 saturated heterocycles. The molecular formula is C10H16N4. The van der Waals surface area contributed by atoms with Crippen molar-refractivity contribution in [2.45, 2.75) is 39.5 Å². The van der Waals surface area contributed by atoms with Crippen LogP contribution < -0.4 is 0 Å². The van der Waals surface area contributed by atoms with Crippen LogP contribution in [0, 0.1) is 0 Å². The third-order valence-electron chi connectivity index (χ3n) is 2.22. The fraction of sp³-hybridized carbons (Fsp3) is 0.600. The Labute approximate surface area is 83.3 Å². The van der Waals surface area contributed by atoms with Crippen molar-refractivity contribution in [3.63, 3.8) is 0 Å². The SMILES string of the molecule is CCCc1nc2cc(CCC)[nH]n2n1. The summed E-state index contributed by atoms with van der Waals surface area (Å²) >= 11 is 0. The molecule has 76 valence electrons. The van der Waals surface area contributed by atoms with Crippen molar-refractivity contribution >= 4 is 5.65 Å². The molecule has 0 aromatic carbocycles. The molecule has 2 aromatic heterocycles. The maximum Gasteiger partial charge on any atom is 0.175 e. The molecule has 0 fully saturated rings. The zero-order chi connectivity index (χ0) is 9.97. The third kappa shape index (κ3) is 1.64. The van der Waals surface area contributed by atoms with Crippen LogP contribution in [0.1, 0.15) is 38.2 Å². The zero-order valence-electron chi connectivity index (χ0n) is 8.75. The number of nitrogens with zero attached hydrogens (tertiary/aromatic N) is 3. The maximum atomic E-state index is 4.43. The van der Waals surface area contributed by atoms with Gasteiger partial charge in [0.25, 0.3) is 0 Å². The van der Waals surface area contributed by atoms with Crippen molar-refractivity contribution in [2.75, 3.05) is 0 Å². The van der Waals surface area contributed by atoms with E-state index in [9.17, 15) is 0 Å². The van der Waals surface area contributed by atoms with Crippen molar-refractivity contribution in [3.05, 3.63) is 17.6 Å². The van der Waals surface area contributed by atoms with E-state index >= 15 is 0 Å². The number of aromatic nitrogens is 4. The van der Waals surface area contributed by atoms with Gasteiger partial charge < -0.3 is 0 Å². The van der Waals surface area contributed by atoms with Gasteiger partial charge in [0, 0.05) is 18.2 Å². The van der Waals surface area contributed by atoms with Gasteiger partial charge >= 0.3 is 0 Å². The first-order valence-corrected chi connectivity index (χ1v) is 5.27. The molecule has 0 saturated carbocycles. The van der Waals surface area contributed by atoms with E-state index in [-0.39, 0.29) is 0 Å². The van der Waals surface area contributed by atoms with E-state index in [1.165, 1.54) is 5.69 Å². The molecule has 2 aromatic rings. The summed E-state index contributed by atoms with van der Waals surface area (Å²) in [6, 6.07) is 2.08. The van der Waals surface area contributed by atoms with Gasteiger partial charge in [0.1, 0.15) is 0 Å². The fourth-order valence-electron chi connectivity index (χ4n) is 1.60. The van der Waals surface area contributed by atoms with Gasteiger partial charge in [-0.05, 0) is 12.8 Å². The molecule has 0 aliphatic rings. The first-order valence-electron chi connectivity index (χ1n) is 5.27. The first kappa shape index (κ1) is 9.24. The Balaban J connectivity index is 2.26. The smallest absolute Gasteiger partial charge is 0.175 e. The van der Waals surface area contributed by atoms with Crippen LogP contribution in [-0.4, -0.2) is 19.8 Å². The Kier molecular flexibility index (Phi) is 2.52. The topological polar surface area (TPSA) is 46.0 Å². The van der Waals surface area contributed by atoms with Crippen molar-refractivity contribution in [1.82, 2.24) is 19.8 Å². The number of H-pyrrole nitrogens is 1. The second-order valence-corrected chi connectivity index (χ2v) is 3.58. The van der Waals surface area contributed by atoms with Crippen LogP contribution in [0.5, 0.6) is 0 Å². The number of fused-ring (bicyclic) bond motifs is 1. The highest BCUT2D eigenvalue weighted by Gasteiger charge is 2.05. The van der Waals surface area contributed by atoms with Crippen LogP contribution in [0.3, 0.4) is 0 Å². The van der Waals surface area contributed by atoms with Gasteiger partial charge in [-0.15, -0.1) is 5.10 Å². The minimum atomic E-state index is 0.932. The van der Waals surface area contributed by atoms with Crippen LogP contribution in [0.25, 0.3) is 5.65 Å². The highest BCUT2D eigenvalue weighted by Crippen LogP contribution is 2.07. The molecule has 0 bridgehead atoms. The Morgan fingerprint density at radius 3 is 2.71 bits per heavy atom. The molecule has 0 radical (unpaired) electrons. The monoisotopic (exact) mass is 192 g/mol. The molecular weight excluding hydrogens is 176 g/mol. The minimum absolute atomic E-state index is 0.932. The predicted octanol–water partition coefficient (Wildman–Crippen LogP) is 1.96. The van der Waals surface area contributed by atoms with Crippen LogP contribution in [0.2, 0.25) is 0 Å². The lowest BCUT2D eigenvalue weighted by Gasteiger charge is -1.90. The summed E-state index contributed by atoms with van der Waals surface area (Å²) in [5, 5.41) is 7.57. The highest BCUT2D eigenvalue weighted by atomic mass is 15.5. The van der Waals surface area contributed by atoms with Crippen molar-refractivity contribution < 1.29 is 0 Å². The van der Waals surface area contributed by atoms with Gasteiger partial charge in [-0.25, -0.2) is 4.98 Å². The number of rotatable bonds is 4. The summed E-state index contributed by atoms with van der Waals surface area (Å²) in [4.78, 5) is 4.43. The quantitative estimate of drug-likeness (QED) is 0.805. The summed E-state index contributed by atoms with van der Waals surface area (Å²) in [7, 11) is 0. The van der Waals surface area contributed by atoms with Crippen molar-refractivity contribution in [2.24, 2.45) is 0 Å². The van der Waals surface area contributed by atoms with Crippen molar-refractivity contribution in [1.29, 1.82) is 0 Å². The number of hydrogen-bond donors (Lipinski definition) is 1. The standard InChI is InChI=1S/C10H16N4/c1-3-5-8-7-10-11-9(6-4-2)13-14(10)12-8/h7,12H,3-6H2,1-2H3. The molecule has 2 rings (SSSR count). The van der Waals surface area contributed by atoms with E-state index in [1.54, 1.807) is 4.63 Å². The zero-order valence-corrected chi connectivity index (χ0v) is 8.75. The Bertz CT molecular complexity index is 346. The average Bonchev–Trinajstić information content (AvgIpc) is 2.62. The normalized spacial score (nSPS) is 11.3. The number of nitrogens with one attached hydrogen (secondary N) is 1. The predicted molar refractivity (Wildman–Crippen MR) is 55.3 cm³/mol. The summed E-state index contributed by atoms with van der Waals surface area (Å²) in [5.41, 5.74) is 2.16. The van der Waals surface area contributed by atoms with Gasteiger partial charge in [0.2, 0.25) is 0 Å². The second kappa shape index (κ2) is 3.82. The van der Waals surface area contributed by atoms with E-state index < -0.39 is 0 Å². The van der Waals surface area contributed by atoms with Crippen molar-refractivity contribution in [3.8, 4) is 0 Å². The lowest BCUT2D eigenvalue weighted by Crippen LogP contribution is -1.92. The summed E-state index contributed by atoms with van der Waals surface area (Å²) in [5.74, 6) is 0.932. The molecule has 0 spiro atoms. The summed E-state index contributed by atoms with van der Waals surface area (Å²) < 4.78 is 1.77. The van der Waals surface area contributed by atoms with Gasteiger partial charge in [0.15, 0.2) is 11.5 Å². The Hall–Kier alpha value is -1.32. The Morgan fingerprint density at radius 2 is 2.07 bits per heavy atom. The fourth-order valence-corrected chi connectivity index (χ4v) is 1.60. The van der Waals surface area contributed by atoms with Gasteiger partial charge in [-0.2, -0.15) is 4.63 Å². The largest absolute Gasteiger partial charge is 0.280 e. The molecule has 0 unspecified atom stereocenters. The average molecular weight is 192 g/mol. The van der Waals surface area contributed by atoms with Crippen LogP contribution >= 0.6 is 0 Å². The van der Waals surface area contributed by atoms with E-state index in [0.29, 0.717) is 0 Å². The van der Waals surface area contributed by atoms with Crippen LogP contribution in [0.15, 0.2) is 6.07 Å². The summed E-state index contributed by atoms with van der Waals surface area (Å²) in [6.07, 6.45) is 4.26. The molecule has 4 heteroatoms. The lowest BCUT2D eigenvalue weighted by molar-refractivity contribution is 0.739. The molecule has 0 amide bonds. The molecule has 0 aliphatic heterocycles. The molecule has 2 heterocycles. The Morgan fingerprint density at radius 1 is 1.29 bits per heavy atom. The number of aryl methyl sites for hydroxylation is 2. The van der Waals surface area contributed by atoms with E-state index in [1.807, 2.05) is 0 Å².